The van der Waals surface area contributed by atoms with E-state index in [9.17, 15) is 10.1 Å². The van der Waals surface area contributed by atoms with E-state index >= 15 is 0 Å². The molecule has 32 heavy (non-hydrogen) atoms. The van der Waals surface area contributed by atoms with Gasteiger partial charge in [-0.2, -0.15) is 5.26 Å². The maximum absolute atomic E-state index is 12.9. The number of rotatable bonds is 4. The first kappa shape index (κ1) is 20.5. The van der Waals surface area contributed by atoms with Crippen LogP contribution < -0.4 is 10.1 Å². The number of ether oxygens (including phenoxy) is 2. The zero-order valence-electron chi connectivity index (χ0n) is 17.8. The van der Waals surface area contributed by atoms with Crippen LogP contribution in [0.3, 0.4) is 0 Å². The third-order valence-electron chi connectivity index (χ3n) is 6.06. The Labute approximate surface area is 186 Å². The van der Waals surface area contributed by atoms with Gasteiger partial charge in [0.05, 0.1) is 24.3 Å². The van der Waals surface area contributed by atoms with Crippen LogP contribution in [-0.4, -0.2) is 66.3 Å². The number of pyridine rings is 1. The van der Waals surface area contributed by atoms with Crippen LogP contribution in [0, 0.1) is 11.3 Å². The van der Waals surface area contributed by atoms with Gasteiger partial charge in [-0.05, 0) is 23.8 Å². The Morgan fingerprint density at radius 1 is 1.22 bits per heavy atom. The van der Waals surface area contributed by atoms with Crippen LogP contribution >= 0.6 is 0 Å². The summed E-state index contributed by atoms with van der Waals surface area (Å²) in [5.74, 6) is 0.585. The van der Waals surface area contributed by atoms with Gasteiger partial charge in [0.15, 0.2) is 0 Å². The van der Waals surface area contributed by atoms with E-state index in [4.69, 9.17) is 9.47 Å². The van der Waals surface area contributed by atoms with Crippen molar-refractivity contribution in [3.8, 4) is 22.9 Å². The van der Waals surface area contributed by atoms with Crippen molar-refractivity contribution in [3.63, 3.8) is 0 Å². The minimum atomic E-state index is -0.00836. The maximum atomic E-state index is 12.9. The van der Waals surface area contributed by atoms with Crippen molar-refractivity contribution in [1.82, 2.24) is 20.2 Å². The first-order valence-corrected chi connectivity index (χ1v) is 11.0. The molecule has 1 amide bonds. The fourth-order valence-electron chi connectivity index (χ4n) is 4.27. The molecule has 0 spiro atoms. The first-order valence-electron chi connectivity index (χ1n) is 11.0. The second-order valence-corrected chi connectivity index (χ2v) is 8.12. The zero-order valence-corrected chi connectivity index (χ0v) is 17.8. The van der Waals surface area contributed by atoms with Crippen molar-refractivity contribution in [2.45, 2.75) is 18.9 Å². The van der Waals surface area contributed by atoms with Crippen LogP contribution in [0.4, 0.5) is 0 Å². The number of hydrogen-bond acceptors (Lipinski definition) is 6. The average molecular weight is 431 g/mol. The van der Waals surface area contributed by atoms with E-state index in [0.29, 0.717) is 48.8 Å². The highest BCUT2D eigenvalue weighted by Crippen LogP contribution is 2.32. The van der Waals surface area contributed by atoms with Gasteiger partial charge in [0, 0.05) is 62.4 Å². The summed E-state index contributed by atoms with van der Waals surface area (Å²) in [5.41, 5.74) is 3.54. The molecule has 2 saturated heterocycles. The molecule has 8 heteroatoms. The third-order valence-corrected chi connectivity index (χ3v) is 6.06. The Balaban J connectivity index is 1.44. The van der Waals surface area contributed by atoms with Crippen LogP contribution in [0.5, 0.6) is 5.75 Å². The molecular formula is C24H25N5O3. The molecule has 2 aliphatic heterocycles. The van der Waals surface area contributed by atoms with Crippen LogP contribution in [-0.2, 0) is 4.74 Å². The quantitative estimate of drug-likeness (QED) is 0.658. The summed E-state index contributed by atoms with van der Waals surface area (Å²) in [5, 5.41) is 13.8. The van der Waals surface area contributed by atoms with Gasteiger partial charge < -0.3 is 24.7 Å². The molecule has 0 radical (unpaired) electrons. The van der Waals surface area contributed by atoms with E-state index in [1.165, 1.54) is 0 Å². The molecule has 0 bridgehead atoms. The minimum absolute atomic E-state index is 0.00836. The number of nitriles is 1. The SMILES string of the molecule is N#Cc1cc(-c2c[nH]c3ncc(C(=O)N4CCNCC4)cc23)ccc1OC1CCOCC1. The topological polar surface area (TPSA) is 103 Å². The number of carbonyl (C=O) groups excluding carboxylic acids is 1. The summed E-state index contributed by atoms with van der Waals surface area (Å²) < 4.78 is 11.5. The Hall–Kier alpha value is -3.41. The average Bonchev–Trinajstić information content (AvgIpc) is 3.28. The van der Waals surface area contributed by atoms with E-state index < -0.39 is 0 Å². The minimum Gasteiger partial charge on any atom is -0.489 e. The summed E-state index contributed by atoms with van der Waals surface area (Å²) in [4.78, 5) is 22.4. The van der Waals surface area contributed by atoms with Crippen molar-refractivity contribution < 1.29 is 14.3 Å². The summed E-state index contributed by atoms with van der Waals surface area (Å²) in [6.45, 7) is 4.35. The summed E-state index contributed by atoms with van der Waals surface area (Å²) in [6.07, 6.45) is 5.21. The Bertz CT molecular complexity index is 1170. The number of nitrogens with one attached hydrogen (secondary N) is 2. The largest absolute Gasteiger partial charge is 0.489 e. The molecule has 164 valence electrons. The van der Waals surface area contributed by atoms with Crippen LogP contribution in [0.15, 0.2) is 36.7 Å². The molecule has 2 fully saturated rings. The van der Waals surface area contributed by atoms with Crippen LogP contribution in [0.25, 0.3) is 22.2 Å². The monoisotopic (exact) mass is 431 g/mol. The smallest absolute Gasteiger partial charge is 0.255 e. The molecule has 8 nitrogen and oxygen atoms in total. The number of H-pyrrole nitrogens is 1. The van der Waals surface area contributed by atoms with E-state index in [0.717, 1.165) is 42.4 Å². The second kappa shape index (κ2) is 8.99. The summed E-state index contributed by atoms with van der Waals surface area (Å²) >= 11 is 0. The Kier molecular flexibility index (Phi) is 5.75. The fraction of sp³-hybridized carbons (Fsp3) is 0.375. The first-order chi connectivity index (χ1) is 15.7. The van der Waals surface area contributed by atoms with Gasteiger partial charge >= 0.3 is 0 Å². The lowest BCUT2D eigenvalue weighted by Gasteiger charge is -2.27. The zero-order chi connectivity index (χ0) is 21.9. The molecule has 2 aliphatic rings. The highest BCUT2D eigenvalue weighted by atomic mass is 16.5. The van der Waals surface area contributed by atoms with Crippen molar-refractivity contribution in [1.29, 1.82) is 5.26 Å². The molecule has 4 heterocycles. The lowest BCUT2D eigenvalue weighted by molar-refractivity contribution is 0.0254. The van der Waals surface area contributed by atoms with Gasteiger partial charge in [0.2, 0.25) is 0 Å². The van der Waals surface area contributed by atoms with Gasteiger partial charge in [0.1, 0.15) is 23.6 Å². The van der Waals surface area contributed by atoms with Crippen molar-refractivity contribution in [2.24, 2.45) is 0 Å². The fourth-order valence-corrected chi connectivity index (χ4v) is 4.27. The van der Waals surface area contributed by atoms with Gasteiger partial charge in [-0.15, -0.1) is 0 Å². The predicted molar refractivity (Wildman–Crippen MR) is 119 cm³/mol. The molecule has 2 N–H and O–H groups in total. The van der Waals surface area contributed by atoms with Gasteiger partial charge in [-0.1, -0.05) is 6.07 Å². The molecule has 0 atom stereocenters. The second-order valence-electron chi connectivity index (χ2n) is 8.12. The van der Waals surface area contributed by atoms with Crippen LogP contribution in [0.1, 0.15) is 28.8 Å². The number of piperazine rings is 1. The number of aromatic amines is 1. The maximum Gasteiger partial charge on any atom is 0.255 e. The molecule has 3 aromatic rings. The molecule has 5 rings (SSSR count). The van der Waals surface area contributed by atoms with Crippen LogP contribution in [0.2, 0.25) is 0 Å². The van der Waals surface area contributed by atoms with E-state index in [1.54, 1.807) is 6.20 Å². The van der Waals surface area contributed by atoms with Crippen molar-refractivity contribution >= 4 is 16.9 Å². The number of nitrogens with zero attached hydrogens (tertiary/aromatic N) is 3. The Morgan fingerprint density at radius 2 is 2.03 bits per heavy atom. The molecule has 0 unspecified atom stereocenters. The van der Waals surface area contributed by atoms with Crippen molar-refractivity contribution in [2.75, 3.05) is 39.4 Å². The molecule has 0 aliphatic carbocycles. The summed E-state index contributed by atoms with van der Waals surface area (Å²) in [6, 6.07) is 9.78. The number of aromatic nitrogens is 2. The van der Waals surface area contributed by atoms with E-state index in [2.05, 4.69) is 21.4 Å². The van der Waals surface area contributed by atoms with Gasteiger partial charge in [-0.25, -0.2) is 4.98 Å². The molecule has 2 aromatic heterocycles. The number of carbonyl (C=O) groups is 1. The molecular weight excluding hydrogens is 406 g/mol. The number of amides is 1. The predicted octanol–water partition coefficient (Wildman–Crippen LogP) is 2.70. The number of hydrogen-bond donors (Lipinski definition) is 2. The summed E-state index contributed by atoms with van der Waals surface area (Å²) in [7, 11) is 0. The highest BCUT2D eigenvalue weighted by Gasteiger charge is 2.21. The highest BCUT2D eigenvalue weighted by molar-refractivity contribution is 6.01. The Morgan fingerprint density at radius 3 is 2.81 bits per heavy atom. The van der Waals surface area contributed by atoms with Crippen molar-refractivity contribution in [3.05, 3.63) is 47.8 Å². The van der Waals surface area contributed by atoms with Gasteiger partial charge in [-0.3, -0.25) is 4.79 Å². The van der Waals surface area contributed by atoms with Gasteiger partial charge in [0.25, 0.3) is 5.91 Å². The standard InChI is InChI=1S/C24H25N5O3/c25-13-17-11-16(1-2-22(17)32-19-3-9-31-10-4-19)21-15-28-23-20(21)12-18(14-27-23)24(30)29-7-5-26-6-8-29/h1-2,11-12,14-15,19,26H,3-10H2,(H,27,28). The van der Waals surface area contributed by atoms with E-state index in [-0.39, 0.29) is 12.0 Å². The normalized spacial score (nSPS) is 17.3. The van der Waals surface area contributed by atoms with E-state index in [1.807, 2.05) is 35.4 Å². The lowest BCUT2D eigenvalue weighted by Crippen LogP contribution is -2.46. The molecule has 1 aromatic carbocycles. The number of benzene rings is 1. The molecule has 0 saturated carbocycles. The number of fused-ring (bicyclic) bond motifs is 1. The third kappa shape index (κ3) is 4.05. The lowest BCUT2D eigenvalue weighted by atomic mass is 10.0.